The Labute approximate surface area is 186 Å². The van der Waals surface area contributed by atoms with Crippen LogP contribution in [0.3, 0.4) is 0 Å². The highest BCUT2D eigenvalue weighted by Crippen LogP contribution is 2.38. The van der Waals surface area contributed by atoms with E-state index >= 15 is 0 Å². The molecule has 3 aromatic rings. The minimum atomic E-state index is -1.48. The van der Waals surface area contributed by atoms with Crippen molar-refractivity contribution in [3.8, 4) is 11.3 Å². The summed E-state index contributed by atoms with van der Waals surface area (Å²) in [5, 5.41) is 4.26. The molecular formula is C19H18Cl3N5OS. The molecule has 3 rings (SSSR count). The van der Waals surface area contributed by atoms with Gasteiger partial charge in [-0.25, -0.2) is 4.98 Å². The normalized spacial score (nSPS) is 12.0. The minimum Gasteiger partial charge on any atom is -0.370 e. The number of halogens is 3. The smallest absolute Gasteiger partial charge is 0.222 e. The molecule has 152 valence electrons. The second-order valence-electron chi connectivity index (χ2n) is 6.26. The van der Waals surface area contributed by atoms with Gasteiger partial charge < -0.3 is 15.6 Å². The molecule has 0 saturated heterocycles. The van der Waals surface area contributed by atoms with E-state index in [9.17, 15) is 4.55 Å². The maximum Gasteiger partial charge on any atom is 0.222 e. The number of nitrogens with two attached hydrogens (primary N) is 1. The summed E-state index contributed by atoms with van der Waals surface area (Å²) in [6.45, 7) is 2.45. The third-order valence-electron chi connectivity index (χ3n) is 4.29. The van der Waals surface area contributed by atoms with Crippen LogP contribution in [-0.4, -0.2) is 21.1 Å². The van der Waals surface area contributed by atoms with E-state index in [1.807, 2.05) is 19.1 Å². The third-order valence-corrected chi connectivity index (χ3v) is 6.37. The first kappa shape index (κ1) is 21.8. The lowest BCUT2D eigenvalue weighted by Crippen LogP contribution is -2.09. The van der Waals surface area contributed by atoms with Gasteiger partial charge in [-0.3, -0.25) is 4.78 Å². The molecule has 10 heteroatoms. The average Bonchev–Trinajstić information content (AvgIpc) is 2.69. The first-order valence-corrected chi connectivity index (χ1v) is 10.8. The van der Waals surface area contributed by atoms with Gasteiger partial charge in [-0.1, -0.05) is 46.9 Å². The highest BCUT2D eigenvalue weighted by Gasteiger charge is 2.15. The largest absolute Gasteiger partial charge is 0.370 e. The van der Waals surface area contributed by atoms with E-state index in [0.29, 0.717) is 38.0 Å². The maximum atomic E-state index is 9.29. The maximum absolute atomic E-state index is 9.29. The number of anilines is 2. The van der Waals surface area contributed by atoms with E-state index in [-0.39, 0.29) is 5.95 Å². The number of benzene rings is 2. The molecule has 0 spiro atoms. The standard InChI is InChI=1S/C19H18Cl3N5OS/c1-10-13(8-14(20)18(22)17(10)21)15-9-16(27-19(23)26-15)25-7-6-11-2-4-12(5-3-11)29(24)28/h2-5,8-9H,6-7H2,1H3,(H2,24,28)(H3,23,25,26,27). The second-order valence-corrected chi connectivity index (χ2v) is 8.46. The Morgan fingerprint density at radius 1 is 1.10 bits per heavy atom. The van der Waals surface area contributed by atoms with Crippen molar-refractivity contribution in [2.75, 3.05) is 17.6 Å². The molecule has 0 bridgehead atoms. The zero-order chi connectivity index (χ0) is 21.1. The molecule has 2 aromatic carbocycles. The molecule has 0 aliphatic rings. The highest BCUT2D eigenvalue weighted by atomic mass is 35.5. The van der Waals surface area contributed by atoms with Gasteiger partial charge in [-0.15, -0.1) is 0 Å². The molecule has 29 heavy (non-hydrogen) atoms. The number of hydrogen-bond donors (Lipinski definition) is 4. The van der Waals surface area contributed by atoms with E-state index in [1.54, 1.807) is 24.3 Å². The Morgan fingerprint density at radius 3 is 2.45 bits per heavy atom. The molecule has 0 fully saturated rings. The number of rotatable bonds is 6. The number of nitrogens with zero attached hydrogens (tertiary/aromatic N) is 2. The molecule has 0 amide bonds. The lowest BCUT2D eigenvalue weighted by molar-refractivity contribution is 0.645. The summed E-state index contributed by atoms with van der Waals surface area (Å²) in [6, 6.07) is 10.8. The third kappa shape index (κ3) is 5.18. The number of hydrogen-bond acceptors (Lipinski definition) is 5. The topological polar surface area (TPSA) is 108 Å². The van der Waals surface area contributed by atoms with Crippen molar-refractivity contribution in [2.24, 2.45) is 0 Å². The zero-order valence-corrected chi connectivity index (χ0v) is 18.4. The van der Waals surface area contributed by atoms with Gasteiger partial charge >= 0.3 is 0 Å². The van der Waals surface area contributed by atoms with Gasteiger partial charge in [0.2, 0.25) is 5.95 Å². The van der Waals surface area contributed by atoms with E-state index in [4.69, 9.17) is 45.3 Å². The average molecular weight is 471 g/mol. The molecule has 1 atom stereocenters. The fourth-order valence-electron chi connectivity index (χ4n) is 2.77. The lowest BCUT2D eigenvalue weighted by Gasteiger charge is -2.13. The minimum absolute atomic E-state index is 0.126. The monoisotopic (exact) mass is 469 g/mol. The van der Waals surface area contributed by atoms with Crippen LogP contribution in [0.4, 0.5) is 11.8 Å². The molecule has 0 aliphatic heterocycles. The first-order valence-electron chi connectivity index (χ1n) is 8.52. The highest BCUT2D eigenvalue weighted by molar-refractivity contribution is 7.80. The fourth-order valence-corrected chi connectivity index (χ4v) is 3.81. The van der Waals surface area contributed by atoms with Gasteiger partial charge in [0.1, 0.15) is 5.82 Å². The van der Waals surface area contributed by atoms with E-state index < -0.39 is 11.0 Å². The molecule has 1 heterocycles. The summed E-state index contributed by atoms with van der Waals surface area (Å²) in [5.41, 5.74) is 9.03. The molecular weight excluding hydrogens is 453 g/mol. The first-order chi connectivity index (χ1) is 13.8. The van der Waals surface area contributed by atoms with Crippen molar-refractivity contribution < 1.29 is 4.55 Å². The summed E-state index contributed by atoms with van der Waals surface area (Å²) >= 11 is 18.5. The van der Waals surface area contributed by atoms with Crippen LogP contribution in [0, 0.1) is 11.7 Å². The van der Waals surface area contributed by atoms with Crippen molar-refractivity contribution >= 4 is 57.5 Å². The predicted octanol–water partition coefficient (Wildman–Crippen LogP) is 5.86. The van der Waals surface area contributed by atoms with Crippen molar-refractivity contribution in [1.29, 1.82) is 4.78 Å². The van der Waals surface area contributed by atoms with Crippen LogP contribution >= 0.6 is 34.8 Å². The van der Waals surface area contributed by atoms with Gasteiger partial charge in [0.05, 0.1) is 31.7 Å². The van der Waals surface area contributed by atoms with Crippen LogP contribution in [0.15, 0.2) is 41.3 Å². The lowest BCUT2D eigenvalue weighted by atomic mass is 10.1. The molecule has 1 unspecified atom stereocenters. The Bertz CT molecular complexity index is 1080. The number of nitrogens with one attached hydrogen (secondary N) is 2. The van der Waals surface area contributed by atoms with Crippen molar-refractivity contribution in [3.63, 3.8) is 0 Å². The van der Waals surface area contributed by atoms with Crippen LogP contribution in [0.25, 0.3) is 11.3 Å². The van der Waals surface area contributed by atoms with Gasteiger partial charge in [-0.2, -0.15) is 4.98 Å². The predicted molar refractivity (Wildman–Crippen MR) is 121 cm³/mol. The van der Waals surface area contributed by atoms with Crippen LogP contribution < -0.4 is 11.1 Å². The van der Waals surface area contributed by atoms with Crippen LogP contribution in [0.5, 0.6) is 0 Å². The molecule has 0 aliphatic carbocycles. The second kappa shape index (κ2) is 9.28. The Hall–Kier alpha value is -1.90. The van der Waals surface area contributed by atoms with E-state index in [0.717, 1.165) is 23.1 Å². The van der Waals surface area contributed by atoms with Gasteiger partial charge in [0.25, 0.3) is 0 Å². The van der Waals surface area contributed by atoms with Gasteiger partial charge in [-0.05, 0) is 42.7 Å². The van der Waals surface area contributed by atoms with Crippen LogP contribution in [-0.2, 0) is 17.4 Å². The Kier molecular flexibility index (Phi) is 6.97. The molecule has 1 aromatic heterocycles. The van der Waals surface area contributed by atoms with Crippen LogP contribution in [0.1, 0.15) is 11.1 Å². The molecule has 0 radical (unpaired) electrons. The van der Waals surface area contributed by atoms with E-state index in [1.165, 1.54) is 0 Å². The van der Waals surface area contributed by atoms with Gasteiger partial charge in [0.15, 0.2) is 0 Å². The van der Waals surface area contributed by atoms with Crippen LogP contribution in [0.2, 0.25) is 15.1 Å². The van der Waals surface area contributed by atoms with Crippen molar-refractivity contribution in [2.45, 2.75) is 18.2 Å². The quantitative estimate of drug-likeness (QED) is 0.337. The SMILES string of the molecule is Cc1c(-c2cc(NCCc3ccc(S(=N)O)cc3)nc(N)n2)cc(Cl)c(Cl)c1Cl. The summed E-state index contributed by atoms with van der Waals surface area (Å²) in [7, 11) is -1.48. The summed E-state index contributed by atoms with van der Waals surface area (Å²) in [4.78, 5) is 9.11. The fraction of sp³-hybridized carbons (Fsp3) is 0.158. The molecule has 0 saturated carbocycles. The summed E-state index contributed by atoms with van der Waals surface area (Å²) in [5.74, 6) is 0.704. The van der Waals surface area contributed by atoms with Crippen molar-refractivity contribution in [1.82, 2.24) is 9.97 Å². The Morgan fingerprint density at radius 2 is 1.79 bits per heavy atom. The zero-order valence-electron chi connectivity index (χ0n) is 15.3. The van der Waals surface area contributed by atoms with Gasteiger partial charge in [0, 0.05) is 23.1 Å². The summed E-state index contributed by atoms with van der Waals surface area (Å²) in [6.07, 6.45) is 0.731. The summed E-state index contributed by atoms with van der Waals surface area (Å²) < 4.78 is 16.6. The van der Waals surface area contributed by atoms with E-state index in [2.05, 4.69) is 15.3 Å². The molecule has 5 N–H and O–H groups in total. The number of nitrogen functional groups attached to an aromatic ring is 1. The Balaban J connectivity index is 1.77. The van der Waals surface area contributed by atoms with Crippen molar-refractivity contribution in [3.05, 3.63) is 62.6 Å². The number of aromatic nitrogens is 2. The molecule has 6 nitrogen and oxygen atoms in total.